The van der Waals surface area contributed by atoms with Gasteiger partial charge in [0.2, 0.25) is 0 Å². The molecule has 41 heavy (non-hydrogen) atoms. The molecule has 0 saturated carbocycles. The summed E-state index contributed by atoms with van der Waals surface area (Å²) >= 11 is 0. The third-order valence-electron chi connectivity index (χ3n) is 7.44. The number of nitrogens with one attached hydrogen (secondary N) is 4. The first kappa shape index (κ1) is 24.8. The first-order valence-electron chi connectivity index (χ1n) is 13.6. The summed E-state index contributed by atoms with van der Waals surface area (Å²) in [6, 6.07) is 20.2. The summed E-state index contributed by atoms with van der Waals surface area (Å²) in [7, 11) is 2.15. The SMILES string of the molecule is C=C(Nc1ccnc(N2CCN(C)CC2)c1)c1cc2ccc(-c3nccc(Nc4ccc5[nH]ncc5c4)n3)cc2[nH]1. The third-order valence-corrected chi connectivity index (χ3v) is 7.44. The van der Waals surface area contributed by atoms with E-state index in [0.29, 0.717) is 5.82 Å². The lowest BCUT2D eigenvalue weighted by molar-refractivity contribution is 0.312. The number of benzene rings is 2. The Kier molecular flexibility index (Phi) is 6.29. The van der Waals surface area contributed by atoms with E-state index < -0.39 is 0 Å². The third kappa shape index (κ3) is 5.20. The van der Waals surface area contributed by atoms with E-state index in [1.54, 1.807) is 12.4 Å². The molecule has 204 valence electrons. The normalized spacial score (nSPS) is 14.0. The number of pyridine rings is 1. The van der Waals surface area contributed by atoms with Crippen molar-refractivity contribution < 1.29 is 0 Å². The summed E-state index contributed by atoms with van der Waals surface area (Å²) in [5, 5.41) is 16.0. The van der Waals surface area contributed by atoms with Crippen molar-refractivity contribution in [3.63, 3.8) is 0 Å². The molecule has 0 atom stereocenters. The zero-order valence-electron chi connectivity index (χ0n) is 22.7. The van der Waals surface area contributed by atoms with Crippen LogP contribution in [0.5, 0.6) is 0 Å². The molecular weight excluding hydrogens is 512 g/mol. The predicted octanol–water partition coefficient (Wildman–Crippen LogP) is 5.47. The fraction of sp³-hybridized carbons (Fsp3) is 0.161. The number of aromatic nitrogens is 6. The molecule has 0 radical (unpaired) electrons. The highest BCUT2D eigenvalue weighted by atomic mass is 15.3. The Hall–Kier alpha value is -5.22. The lowest BCUT2D eigenvalue weighted by Gasteiger charge is -2.33. The minimum absolute atomic E-state index is 0.641. The van der Waals surface area contributed by atoms with Gasteiger partial charge in [-0.25, -0.2) is 15.0 Å². The summed E-state index contributed by atoms with van der Waals surface area (Å²) < 4.78 is 0. The molecule has 7 rings (SSSR count). The number of H-pyrrole nitrogens is 2. The van der Waals surface area contributed by atoms with Crippen molar-refractivity contribution in [1.82, 2.24) is 35.0 Å². The van der Waals surface area contributed by atoms with Gasteiger partial charge >= 0.3 is 0 Å². The van der Waals surface area contributed by atoms with E-state index in [1.165, 1.54) is 0 Å². The second-order valence-corrected chi connectivity index (χ2v) is 10.3. The summed E-state index contributed by atoms with van der Waals surface area (Å²) in [4.78, 5) is 22.0. The second-order valence-electron chi connectivity index (χ2n) is 10.3. The van der Waals surface area contributed by atoms with Crippen LogP contribution in [0.4, 0.5) is 23.0 Å². The van der Waals surface area contributed by atoms with Crippen LogP contribution in [-0.4, -0.2) is 68.3 Å². The van der Waals surface area contributed by atoms with Gasteiger partial charge in [0.1, 0.15) is 11.6 Å². The molecule has 10 heteroatoms. The molecule has 6 aromatic rings. The molecule has 0 bridgehead atoms. The molecular formula is C31H30N10. The molecule has 4 N–H and O–H groups in total. The van der Waals surface area contributed by atoms with Crippen LogP contribution in [0, 0.1) is 0 Å². The predicted molar refractivity (Wildman–Crippen MR) is 165 cm³/mol. The number of rotatable bonds is 7. The zero-order valence-corrected chi connectivity index (χ0v) is 22.7. The van der Waals surface area contributed by atoms with Crippen LogP contribution >= 0.6 is 0 Å². The molecule has 0 spiro atoms. The molecule has 5 heterocycles. The molecule has 1 fully saturated rings. The highest BCUT2D eigenvalue weighted by Crippen LogP contribution is 2.28. The highest BCUT2D eigenvalue weighted by molar-refractivity contribution is 5.89. The average molecular weight is 543 g/mol. The van der Waals surface area contributed by atoms with Crippen molar-refractivity contribution in [2.24, 2.45) is 0 Å². The molecule has 0 aliphatic carbocycles. The van der Waals surface area contributed by atoms with Crippen molar-refractivity contribution in [1.29, 1.82) is 0 Å². The maximum absolute atomic E-state index is 4.76. The molecule has 4 aromatic heterocycles. The number of fused-ring (bicyclic) bond motifs is 2. The van der Waals surface area contributed by atoms with E-state index in [9.17, 15) is 0 Å². The lowest BCUT2D eigenvalue weighted by atomic mass is 10.1. The Morgan fingerprint density at radius 1 is 0.854 bits per heavy atom. The molecule has 0 unspecified atom stereocenters. The smallest absolute Gasteiger partial charge is 0.161 e. The van der Waals surface area contributed by atoms with Gasteiger partial charge in [0.25, 0.3) is 0 Å². The van der Waals surface area contributed by atoms with Gasteiger partial charge in [-0.2, -0.15) is 5.10 Å². The van der Waals surface area contributed by atoms with Crippen LogP contribution in [0.1, 0.15) is 5.69 Å². The summed E-state index contributed by atoms with van der Waals surface area (Å²) in [5.41, 5.74) is 6.50. The fourth-order valence-corrected chi connectivity index (χ4v) is 5.11. The number of aromatic amines is 2. The van der Waals surface area contributed by atoms with E-state index in [2.05, 4.69) is 83.5 Å². The average Bonchev–Trinajstić information content (AvgIpc) is 3.64. The van der Waals surface area contributed by atoms with Crippen molar-refractivity contribution in [2.45, 2.75) is 0 Å². The van der Waals surface area contributed by atoms with Gasteiger partial charge in [0.05, 0.1) is 23.1 Å². The van der Waals surface area contributed by atoms with Gasteiger partial charge in [0.15, 0.2) is 5.82 Å². The van der Waals surface area contributed by atoms with Crippen LogP contribution in [0.2, 0.25) is 0 Å². The topological polar surface area (TPSA) is 114 Å². The van der Waals surface area contributed by atoms with Gasteiger partial charge in [0, 0.05) is 77.9 Å². The van der Waals surface area contributed by atoms with E-state index in [-0.39, 0.29) is 0 Å². The van der Waals surface area contributed by atoms with Crippen LogP contribution in [-0.2, 0) is 0 Å². The Labute approximate surface area is 237 Å². The van der Waals surface area contributed by atoms with Gasteiger partial charge < -0.3 is 25.4 Å². The maximum atomic E-state index is 4.76. The van der Waals surface area contributed by atoms with Gasteiger partial charge in [-0.05, 0) is 49.5 Å². The maximum Gasteiger partial charge on any atom is 0.161 e. The molecule has 0 amide bonds. The van der Waals surface area contributed by atoms with Gasteiger partial charge in [-0.3, -0.25) is 5.10 Å². The van der Waals surface area contributed by atoms with Crippen LogP contribution in [0.15, 0.2) is 85.8 Å². The van der Waals surface area contributed by atoms with Crippen LogP contribution in [0.3, 0.4) is 0 Å². The van der Waals surface area contributed by atoms with Crippen molar-refractivity contribution in [3.8, 4) is 11.4 Å². The van der Waals surface area contributed by atoms with E-state index >= 15 is 0 Å². The van der Waals surface area contributed by atoms with Crippen LogP contribution < -0.4 is 15.5 Å². The first-order valence-corrected chi connectivity index (χ1v) is 13.6. The highest BCUT2D eigenvalue weighted by Gasteiger charge is 2.16. The summed E-state index contributed by atoms with van der Waals surface area (Å²) in [6.45, 7) is 8.32. The van der Waals surface area contributed by atoms with Crippen molar-refractivity contribution in [3.05, 3.63) is 91.5 Å². The minimum atomic E-state index is 0.641. The molecule has 2 aromatic carbocycles. The number of nitrogens with zero attached hydrogens (tertiary/aromatic N) is 6. The zero-order chi connectivity index (χ0) is 27.8. The largest absolute Gasteiger partial charge is 0.354 e. The Morgan fingerprint density at radius 3 is 2.63 bits per heavy atom. The molecule has 1 aliphatic rings. The van der Waals surface area contributed by atoms with E-state index in [4.69, 9.17) is 4.98 Å². The number of hydrogen-bond acceptors (Lipinski definition) is 8. The van der Waals surface area contributed by atoms with Crippen LogP contribution in [0.25, 0.3) is 38.9 Å². The van der Waals surface area contributed by atoms with E-state index in [1.807, 2.05) is 42.6 Å². The summed E-state index contributed by atoms with van der Waals surface area (Å²) in [6.07, 6.45) is 5.42. The minimum Gasteiger partial charge on any atom is -0.354 e. The molecule has 10 nitrogen and oxygen atoms in total. The first-order chi connectivity index (χ1) is 20.1. The Bertz CT molecular complexity index is 1860. The number of likely N-dealkylation sites (N-methyl/N-ethyl adjacent to an activating group) is 1. The van der Waals surface area contributed by atoms with Crippen molar-refractivity contribution >= 4 is 50.5 Å². The van der Waals surface area contributed by atoms with E-state index in [0.717, 1.165) is 87.9 Å². The van der Waals surface area contributed by atoms with Crippen molar-refractivity contribution in [2.75, 3.05) is 48.8 Å². The second kappa shape index (κ2) is 10.4. The monoisotopic (exact) mass is 542 g/mol. The number of piperazine rings is 1. The fourth-order valence-electron chi connectivity index (χ4n) is 5.11. The number of hydrogen-bond donors (Lipinski definition) is 4. The molecule has 1 saturated heterocycles. The Morgan fingerprint density at radius 2 is 1.73 bits per heavy atom. The quantitative estimate of drug-likeness (QED) is 0.210. The lowest BCUT2D eigenvalue weighted by Crippen LogP contribution is -2.44. The number of anilines is 4. The molecule has 1 aliphatic heterocycles. The standard InChI is InChI=1S/C31H30N10/c1-20(35-25-7-9-32-30(18-25)41-13-11-40(2)12-14-41)27-16-21-3-4-22(17-28(21)37-27)31-33-10-8-29(38-31)36-24-5-6-26-23(15-24)19-34-39-26/h3-10,15-19,37H,1,11-14H2,2H3,(H,32,35)(H,34,39)(H,33,36,38). The van der Waals surface area contributed by atoms with Gasteiger partial charge in [-0.1, -0.05) is 18.7 Å². The van der Waals surface area contributed by atoms with Gasteiger partial charge in [-0.15, -0.1) is 0 Å². The Balaban J connectivity index is 1.08. The summed E-state index contributed by atoms with van der Waals surface area (Å²) in [5.74, 6) is 2.34.